The monoisotopic (exact) mass is 339 g/mol. The zero-order valence-corrected chi connectivity index (χ0v) is 13.4. The van der Waals surface area contributed by atoms with Crippen molar-refractivity contribution in [2.75, 3.05) is 19.0 Å². The van der Waals surface area contributed by atoms with Gasteiger partial charge in [-0.15, -0.1) is 0 Å². The van der Waals surface area contributed by atoms with E-state index in [9.17, 15) is 0 Å². The van der Waals surface area contributed by atoms with Gasteiger partial charge in [-0.1, -0.05) is 6.92 Å². The summed E-state index contributed by atoms with van der Waals surface area (Å²) in [7, 11) is 3.52. The molecule has 0 aliphatic carbocycles. The Kier molecular flexibility index (Phi) is 5.08. The number of ether oxygens (including phenoxy) is 1. The summed E-state index contributed by atoms with van der Waals surface area (Å²) in [6.07, 6.45) is 2.76. The average molecular weight is 340 g/mol. The van der Waals surface area contributed by atoms with Crippen molar-refractivity contribution in [1.82, 2.24) is 19.7 Å². The Morgan fingerprint density at radius 2 is 2.20 bits per heavy atom. The van der Waals surface area contributed by atoms with Gasteiger partial charge >= 0.3 is 0 Å². The molecular weight excluding hydrogens is 322 g/mol. The summed E-state index contributed by atoms with van der Waals surface area (Å²) in [5.41, 5.74) is 1.69. The Morgan fingerprint density at radius 3 is 2.80 bits per heavy atom. The molecule has 0 saturated heterocycles. The maximum atomic E-state index is 5.20. The molecule has 7 heteroatoms. The second kappa shape index (κ2) is 6.81. The van der Waals surface area contributed by atoms with Gasteiger partial charge in [0.25, 0.3) is 0 Å². The molecule has 0 saturated carbocycles. The van der Waals surface area contributed by atoms with E-state index >= 15 is 0 Å². The second-order valence-electron chi connectivity index (χ2n) is 4.36. The van der Waals surface area contributed by atoms with Crippen molar-refractivity contribution in [2.45, 2.75) is 20.0 Å². The highest BCUT2D eigenvalue weighted by Gasteiger charge is 2.15. The topological polar surface area (TPSA) is 64.9 Å². The molecule has 0 amide bonds. The van der Waals surface area contributed by atoms with Gasteiger partial charge in [0.1, 0.15) is 11.5 Å². The first-order valence-corrected chi connectivity index (χ1v) is 7.24. The first kappa shape index (κ1) is 14.9. The van der Waals surface area contributed by atoms with Gasteiger partial charge < -0.3 is 10.1 Å². The molecule has 0 aliphatic heterocycles. The quantitative estimate of drug-likeness (QED) is 0.876. The van der Waals surface area contributed by atoms with Crippen LogP contribution in [-0.4, -0.2) is 33.4 Å². The Balaban J connectivity index is 2.46. The van der Waals surface area contributed by atoms with Crippen molar-refractivity contribution < 1.29 is 4.74 Å². The van der Waals surface area contributed by atoms with Crippen molar-refractivity contribution in [3.05, 3.63) is 22.4 Å². The summed E-state index contributed by atoms with van der Waals surface area (Å²) in [5, 5.41) is 7.46. The minimum Gasteiger partial charge on any atom is -0.378 e. The number of nitrogens with zero attached hydrogens (tertiary/aromatic N) is 4. The summed E-state index contributed by atoms with van der Waals surface area (Å²) >= 11 is 3.54. The number of hydrogen-bond donors (Lipinski definition) is 1. The van der Waals surface area contributed by atoms with E-state index < -0.39 is 0 Å². The predicted molar refractivity (Wildman–Crippen MR) is 81.4 cm³/mol. The number of hydrogen-bond acceptors (Lipinski definition) is 5. The van der Waals surface area contributed by atoms with Crippen LogP contribution in [0.3, 0.4) is 0 Å². The Morgan fingerprint density at radius 1 is 1.40 bits per heavy atom. The predicted octanol–water partition coefficient (Wildman–Crippen LogP) is 2.61. The highest BCUT2D eigenvalue weighted by atomic mass is 79.9. The molecule has 0 radical (unpaired) electrons. The third kappa shape index (κ3) is 3.16. The van der Waals surface area contributed by atoms with Gasteiger partial charge in [0.2, 0.25) is 0 Å². The summed E-state index contributed by atoms with van der Waals surface area (Å²) in [5.74, 6) is 1.42. The van der Waals surface area contributed by atoms with E-state index in [1.165, 1.54) is 0 Å². The molecule has 2 aromatic heterocycles. The number of aromatic nitrogens is 4. The third-order valence-corrected chi connectivity index (χ3v) is 3.63. The highest BCUT2D eigenvalue weighted by Crippen LogP contribution is 2.27. The fourth-order valence-corrected chi connectivity index (χ4v) is 2.23. The Labute approximate surface area is 126 Å². The van der Waals surface area contributed by atoms with Gasteiger partial charge in [-0.25, -0.2) is 9.97 Å². The van der Waals surface area contributed by atoms with E-state index in [0.717, 1.165) is 34.6 Å². The van der Waals surface area contributed by atoms with Crippen molar-refractivity contribution in [3.8, 4) is 11.5 Å². The lowest BCUT2D eigenvalue weighted by molar-refractivity contribution is 0.181. The van der Waals surface area contributed by atoms with Crippen molar-refractivity contribution in [2.24, 2.45) is 7.05 Å². The van der Waals surface area contributed by atoms with E-state index in [1.54, 1.807) is 18.0 Å². The molecule has 0 unspecified atom stereocenters. The molecule has 2 rings (SSSR count). The van der Waals surface area contributed by atoms with Crippen LogP contribution in [0.5, 0.6) is 0 Å². The van der Waals surface area contributed by atoms with Gasteiger partial charge in [-0.05, 0) is 28.4 Å². The Hall–Kier alpha value is -1.47. The Bertz CT molecular complexity index is 584. The fourth-order valence-electron chi connectivity index (χ4n) is 1.79. The first-order valence-electron chi connectivity index (χ1n) is 6.45. The molecule has 0 fully saturated rings. The largest absolute Gasteiger partial charge is 0.378 e. The maximum absolute atomic E-state index is 5.20. The highest BCUT2D eigenvalue weighted by molar-refractivity contribution is 9.10. The molecule has 1 N–H and O–H groups in total. The van der Waals surface area contributed by atoms with Crippen molar-refractivity contribution in [1.29, 1.82) is 0 Å². The normalized spacial score (nSPS) is 10.8. The van der Waals surface area contributed by atoms with Crippen molar-refractivity contribution >= 4 is 21.7 Å². The van der Waals surface area contributed by atoms with Crippen LogP contribution in [0.2, 0.25) is 0 Å². The number of halogens is 1. The molecule has 0 spiro atoms. The van der Waals surface area contributed by atoms with Gasteiger partial charge in [0.15, 0.2) is 5.82 Å². The minimum atomic E-state index is 0.425. The van der Waals surface area contributed by atoms with Crippen LogP contribution >= 0.6 is 15.9 Å². The van der Waals surface area contributed by atoms with Crippen molar-refractivity contribution in [3.63, 3.8) is 0 Å². The number of aryl methyl sites for hydroxylation is 1. The van der Waals surface area contributed by atoms with E-state index in [2.05, 4.69) is 43.2 Å². The van der Waals surface area contributed by atoms with Crippen LogP contribution in [0, 0.1) is 0 Å². The van der Waals surface area contributed by atoms with Crippen LogP contribution in [0.25, 0.3) is 11.5 Å². The minimum absolute atomic E-state index is 0.425. The molecule has 0 bridgehead atoms. The lowest BCUT2D eigenvalue weighted by atomic mass is 10.3. The molecule has 2 aromatic rings. The molecule has 2 heterocycles. The van der Waals surface area contributed by atoms with Gasteiger partial charge in [-0.3, -0.25) is 4.68 Å². The van der Waals surface area contributed by atoms with Crippen LogP contribution in [0.4, 0.5) is 5.82 Å². The molecule has 0 aromatic carbocycles. The number of rotatable bonds is 6. The molecule has 0 aliphatic rings. The molecule has 108 valence electrons. The summed E-state index contributed by atoms with van der Waals surface area (Å²) in [6, 6.07) is 1.89. The van der Waals surface area contributed by atoms with Crippen LogP contribution in [0.1, 0.15) is 19.0 Å². The molecule has 6 nitrogen and oxygen atoms in total. The zero-order valence-electron chi connectivity index (χ0n) is 11.9. The first-order chi connectivity index (χ1) is 9.67. The SMILES string of the molecule is CCCNc1nc(-c2ccnn2C)nc(COC)c1Br. The standard InChI is InChI=1S/C13H18BrN5O/c1-4-6-15-13-11(14)9(8-20-3)17-12(18-13)10-5-7-16-19(10)2/h5,7H,4,6,8H2,1-3H3,(H,15,17,18). The number of anilines is 1. The summed E-state index contributed by atoms with van der Waals surface area (Å²) in [4.78, 5) is 9.12. The van der Waals surface area contributed by atoms with E-state index in [4.69, 9.17) is 4.74 Å². The smallest absolute Gasteiger partial charge is 0.180 e. The second-order valence-corrected chi connectivity index (χ2v) is 5.15. The summed E-state index contributed by atoms with van der Waals surface area (Å²) in [6.45, 7) is 3.39. The number of methoxy groups -OCH3 is 1. The summed E-state index contributed by atoms with van der Waals surface area (Å²) < 4.78 is 7.80. The van der Waals surface area contributed by atoms with Gasteiger partial charge in [0, 0.05) is 26.9 Å². The fraction of sp³-hybridized carbons (Fsp3) is 0.462. The van der Waals surface area contributed by atoms with E-state index in [1.807, 2.05) is 13.1 Å². The van der Waals surface area contributed by atoms with Crippen LogP contribution < -0.4 is 5.32 Å². The average Bonchev–Trinajstić information content (AvgIpc) is 2.86. The van der Waals surface area contributed by atoms with Crippen LogP contribution in [0.15, 0.2) is 16.7 Å². The van der Waals surface area contributed by atoms with E-state index in [0.29, 0.717) is 12.4 Å². The number of nitrogens with one attached hydrogen (secondary N) is 1. The lowest BCUT2D eigenvalue weighted by Crippen LogP contribution is -2.09. The zero-order chi connectivity index (χ0) is 14.5. The van der Waals surface area contributed by atoms with Gasteiger partial charge in [-0.2, -0.15) is 5.10 Å². The van der Waals surface area contributed by atoms with Crippen LogP contribution in [-0.2, 0) is 18.4 Å². The van der Waals surface area contributed by atoms with Gasteiger partial charge in [0.05, 0.1) is 16.8 Å². The van der Waals surface area contributed by atoms with E-state index in [-0.39, 0.29) is 0 Å². The lowest BCUT2D eigenvalue weighted by Gasteiger charge is -2.12. The molecule has 20 heavy (non-hydrogen) atoms. The maximum Gasteiger partial charge on any atom is 0.180 e. The molecular formula is C13H18BrN5O. The third-order valence-electron chi connectivity index (χ3n) is 2.79. The molecule has 0 atom stereocenters.